The fourth-order valence-corrected chi connectivity index (χ4v) is 3.02. The summed E-state index contributed by atoms with van der Waals surface area (Å²) in [5, 5.41) is -0.103. The average Bonchev–Trinajstić information content (AvgIpc) is 2.85. The highest BCUT2D eigenvalue weighted by Crippen LogP contribution is 2.57. The van der Waals surface area contributed by atoms with Crippen LogP contribution >= 0.6 is 11.6 Å². The van der Waals surface area contributed by atoms with Crippen LogP contribution in [0.25, 0.3) is 11.0 Å². The number of hydrogen-bond acceptors (Lipinski definition) is 2. The van der Waals surface area contributed by atoms with Gasteiger partial charge in [-0.15, -0.1) is 11.6 Å². The molecule has 0 radical (unpaired) electrons. The molecule has 1 heterocycles. The number of halogens is 1. The van der Waals surface area contributed by atoms with Crippen LogP contribution in [0.3, 0.4) is 0 Å². The van der Waals surface area contributed by atoms with Crippen molar-refractivity contribution in [2.24, 2.45) is 5.41 Å². The lowest BCUT2D eigenvalue weighted by molar-refractivity contribution is 0.343. The van der Waals surface area contributed by atoms with Gasteiger partial charge in [0.1, 0.15) is 17.1 Å². The zero-order chi connectivity index (χ0) is 14.5. The monoisotopic (exact) mass is 292 g/mol. The van der Waals surface area contributed by atoms with Crippen molar-refractivity contribution >= 4 is 22.6 Å². The average molecular weight is 293 g/mol. The molecule has 1 aromatic carbocycles. The van der Waals surface area contributed by atoms with Crippen LogP contribution in [-0.2, 0) is 0 Å². The summed E-state index contributed by atoms with van der Waals surface area (Å²) in [6, 6.07) is 6.61. The van der Waals surface area contributed by atoms with Crippen molar-refractivity contribution in [1.82, 2.24) is 9.55 Å². The first-order valence-electron chi connectivity index (χ1n) is 7.23. The molecule has 0 aliphatic heterocycles. The fraction of sp³-hybridized carbons (Fsp3) is 0.562. The highest BCUT2D eigenvalue weighted by Gasteiger charge is 2.48. The SMILES string of the molecule is CCOc1cccc2c1nc(C(C)Cl)n2C1CC1(C)C. The highest BCUT2D eigenvalue weighted by molar-refractivity contribution is 6.20. The minimum absolute atomic E-state index is 0.103. The summed E-state index contributed by atoms with van der Waals surface area (Å²) in [6.07, 6.45) is 1.17. The topological polar surface area (TPSA) is 27.1 Å². The highest BCUT2D eigenvalue weighted by atomic mass is 35.5. The molecule has 1 aromatic heterocycles. The van der Waals surface area contributed by atoms with Crippen molar-refractivity contribution in [2.45, 2.75) is 45.5 Å². The third-order valence-electron chi connectivity index (χ3n) is 4.14. The summed E-state index contributed by atoms with van der Waals surface area (Å²) in [5.74, 6) is 1.80. The number of imidazole rings is 1. The maximum atomic E-state index is 6.35. The van der Waals surface area contributed by atoms with E-state index in [1.807, 2.05) is 26.0 Å². The Labute approximate surface area is 124 Å². The normalized spacial score (nSPS) is 21.9. The summed E-state index contributed by atoms with van der Waals surface area (Å²) in [6.45, 7) is 9.20. The Bertz CT molecular complexity index is 645. The van der Waals surface area contributed by atoms with Crippen LogP contribution in [0.15, 0.2) is 18.2 Å². The Morgan fingerprint density at radius 3 is 2.75 bits per heavy atom. The number of alkyl halides is 1. The molecule has 1 aliphatic rings. The molecule has 108 valence electrons. The Hall–Kier alpha value is -1.22. The van der Waals surface area contributed by atoms with Crippen molar-refractivity contribution in [3.63, 3.8) is 0 Å². The Kier molecular flexibility index (Phi) is 3.20. The molecule has 1 saturated carbocycles. The van der Waals surface area contributed by atoms with E-state index in [9.17, 15) is 0 Å². The number of nitrogens with zero attached hydrogens (tertiary/aromatic N) is 2. The second-order valence-electron chi connectivity index (χ2n) is 6.22. The van der Waals surface area contributed by atoms with Crippen molar-refractivity contribution < 1.29 is 4.74 Å². The molecule has 1 aliphatic carbocycles. The molecule has 4 heteroatoms. The number of fused-ring (bicyclic) bond motifs is 1. The first kappa shape index (κ1) is 13.7. The molecule has 2 atom stereocenters. The van der Waals surface area contributed by atoms with Crippen LogP contribution in [0.4, 0.5) is 0 Å². The van der Waals surface area contributed by atoms with Gasteiger partial charge in [0.05, 0.1) is 17.5 Å². The Morgan fingerprint density at radius 1 is 1.50 bits per heavy atom. The maximum Gasteiger partial charge on any atom is 0.147 e. The summed E-state index contributed by atoms with van der Waals surface area (Å²) in [7, 11) is 0. The molecule has 1 fully saturated rings. The molecule has 2 unspecified atom stereocenters. The van der Waals surface area contributed by atoms with Gasteiger partial charge in [0.2, 0.25) is 0 Å². The first-order chi connectivity index (χ1) is 9.45. The minimum Gasteiger partial charge on any atom is -0.492 e. The van der Waals surface area contributed by atoms with Crippen molar-refractivity contribution in [3.8, 4) is 5.75 Å². The summed E-state index contributed by atoms with van der Waals surface area (Å²) < 4.78 is 8.02. The molecule has 3 rings (SSSR count). The quantitative estimate of drug-likeness (QED) is 0.763. The summed E-state index contributed by atoms with van der Waals surface area (Å²) >= 11 is 6.35. The van der Waals surface area contributed by atoms with E-state index in [1.165, 1.54) is 6.42 Å². The number of aromatic nitrogens is 2. The lowest BCUT2D eigenvalue weighted by atomic mass is 10.2. The van der Waals surface area contributed by atoms with E-state index >= 15 is 0 Å². The Morgan fingerprint density at radius 2 is 2.20 bits per heavy atom. The molecule has 3 nitrogen and oxygen atoms in total. The molecule has 0 bridgehead atoms. The third kappa shape index (κ3) is 2.08. The van der Waals surface area contributed by atoms with Gasteiger partial charge < -0.3 is 9.30 Å². The van der Waals surface area contributed by atoms with Crippen LogP contribution in [-0.4, -0.2) is 16.2 Å². The zero-order valence-corrected chi connectivity index (χ0v) is 13.2. The summed E-state index contributed by atoms with van der Waals surface area (Å²) in [4.78, 5) is 4.76. The molecule has 20 heavy (non-hydrogen) atoms. The largest absolute Gasteiger partial charge is 0.492 e. The van der Waals surface area contributed by atoms with Gasteiger partial charge in [0.25, 0.3) is 0 Å². The molecule has 0 saturated heterocycles. The number of rotatable bonds is 4. The van der Waals surface area contributed by atoms with Crippen molar-refractivity contribution in [3.05, 3.63) is 24.0 Å². The van der Waals surface area contributed by atoms with E-state index < -0.39 is 0 Å². The predicted octanol–water partition coefficient (Wildman–Crippen LogP) is 4.71. The van der Waals surface area contributed by atoms with E-state index in [-0.39, 0.29) is 5.38 Å². The minimum atomic E-state index is -0.103. The predicted molar refractivity (Wildman–Crippen MR) is 82.6 cm³/mol. The van der Waals surface area contributed by atoms with E-state index in [0.29, 0.717) is 18.1 Å². The molecule has 2 aromatic rings. The van der Waals surface area contributed by atoms with Crippen LogP contribution in [0.5, 0.6) is 5.75 Å². The van der Waals surface area contributed by atoms with Gasteiger partial charge in [-0.05, 0) is 37.8 Å². The van der Waals surface area contributed by atoms with Gasteiger partial charge >= 0.3 is 0 Å². The van der Waals surface area contributed by atoms with Gasteiger partial charge in [-0.1, -0.05) is 19.9 Å². The van der Waals surface area contributed by atoms with Gasteiger partial charge in [0.15, 0.2) is 0 Å². The fourth-order valence-electron chi connectivity index (χ4n) is 2.87. The smallest absolute Gasteiger partial charge is 0.147 e. The Balaban J connectivity index is 2.21. The lowest BCUT2D eigenvalue weighted by Gasteiger charge is -2.12. The second kappa shape index (κ2) is 4.66. The van der Waals surface area contributed by atoms with Gasteiger partial charge in [-0.2, -0.15) is 0 Å². The number of para-hydroxylation sites is 1. The van der Waals surface area contributed by atoms with Crippen LogP contribution < -0.4 is 4.74 Å². The van der Waals surface area contributed by atoms with E-state index in [2.05, 4.69) is 24.5 Å². The lowest BCUT2D eigenvalue weighted by Crippen LogP contribution is -2.06. The standard InChI is InChI=1S/C16H21ClN2O/c1-5-20-12-8-6-7-11-14(12)18-15(10(2)17)19(11)13-9-16(13,3)4/h6-8,10,13H,5,9H2,1-4H3. The van der Waals surface area contributed by atoms with Crippen molar-refractivity contribution in [1.29, 1.82) is 0 Å². The number of benzene rings is 1. The van der Waals surface area contributed by atoms with Crippen molar-refractivity contribution in [2.75, 3.05) is 6.61 Å². The number of ether oxygens (including phenoxy) is 1. The van der Waals surface area contributed by atoms with E-state index in [1.54, 1.807) is 0 Å². The van der Waals surface area contributed by atoms with E-state index in [4.69, 9.17) is 21.3 Å². The van der Waals surface area contributed by atoms with Gasteiger partial charge in [-0.25, -0.2) is 4.98 Å². The zero-order valence-electron chi connectivity index (χ0n) is 12.5. The van der Waals surface area contributed by atoms with Gasteiger partial charge in [0, 0.05) is 6.04 Å². The van der Waals surface area contributed by atoms with Crippen LogP contribution in [0.2, 0.25) is 0 Å². The van der Waals surface area contributed by atoms with Gasteiger partial charge in [-0.3, -0.25) is 0 Å². The third-order valence-corrected chi connectivity index (χ3v) is 4.33. The molecule has 0 spiro atoms. The van der Waals surface area contributed by atoms with Crippen LogP contribution in [0, 0.1) is 5.41 Å². The summed E-state index contributed by atoms with van der Waals surface area (Å²) in [5.41, 5.74) is 2.39. The van der Waals surface area contributed by atoms with E-state index in [0.717, 1.165) is 22.6 Å². The molecular weight excluding hydrogens is 272 g/mol. The molecule has 0 N–H and O–H groups in total. The molecule has 0 amide bonds. The first-order valence-corrected chi connectivity index (χ1v) is 7.67. The number of hydrogen-bond donors (Lipinski definition) is 0. The molecular formula is C16H21ClN2O. The van der Waals surface area contributed by atoms with Crippen LogP contribution in [0.1, 0.15) is 51.4 Å². The second-order valence-corrected chi connectivity index (χ2v) is 6.88. The maximum absolute atomic E-state index is 6.35.